The number of hydrogen-bond acceptors (Lipinski definition) is 5. The molecule has 0 saturated carbocycles. The fraction of sp³-hybridized carbons (Fsp3) is 0.217. The highest BCUT2D eigenvalue weighted by Crippen LogP contribution is 2.12. The van der Waals surface area contributed by atoms with Crippen molar-refractivity contribution in [1.82, 2.24) is 0 Å². The molecule has 0 aliphatic rings. The molecule has 0 aliphatic heterocycles. The van der Waals surface area contributed by atoms with E-state index in [-0.39, 0.29) is 12.6 Å². The lowest BCUT2D eigenvalue weighted by Gasteiger charge is -2.02. The zero-order chi connectivity index (χ0) is 21.3. The van der Waals surface area contributed by atoms with E-state index in [4.69, 9.17) is 19.3 Å². The number of methoxy groups -OCH3 is 1. The van der Waals surface area contributed by atoms with E-state index in [9.17, 15) is 9.59 Å². The molecule has 0 aliphatic carbocycles. The van der Waals surface area contributed by atoms with Gasteiger partial charge in [0.2, 0.25) is 0 Å². The van der Waals surface area contributed by atoms with Gasteiger partial charge in [-0.3, -0.25) is 0 Å². The van der Waals surface area contributed by atoms with E-state index in [0.717, 1.165) is 23.0 Å². The number of hydrogen-bond donors (Lipinski definition) is 1. The second kappa shape index (κ2) is 14.6. The quantitative estimate of drug-likeness (QED) is 0.389. The maximum absolute atomic E-state index is 11.3. The van der Waals surface area contributed by atoms with Gasteiger partial charge in [-0.05, 0) is 42.3 Å². The van der Waals surface area contributed by atoms with Crippen LogP contribution in [0.4, 0.5) is 0 Å². The van der Waals surface area contributed by atoms with E-state index in [1.165, 1.54) is 6.08 Å². The van der Waals surface area contributed by atoms with Crippen molar-refractivity contribution in [1.29, 1.82) is 0 Å². The third-order valence-corrected chi connectivity index (χ3v) is 3.42. The summed E-state index contributed by atoms with van der Waals surface area (Å²) in [5.74, 6) is -0.509. The minimum Gasteiger partial charge on any atom is -0.497 e. The standard InChI is InChI=1S/C14H18O4.C9H8O2/c1-3-17-10-11-18-14(15)9-6-12-4-7-13(16-2)8-5-12;10-9(11)7-6-8-4-2-1-3-5-8/h4-9H,3,10-11H2,1-2H3;1-7H,(H,10,11)/b9-6+;7-6+. The van der Waals surface area contributed by atoms with Crippen molar-refractivity contribution >= 4 is 24.1 Å². The highest BCUT2D eigenvalue weighted by molar-refractivity contribution is 5.87. The van der Waals surface area contributed by atoms with Gasteiger partial charge in [-0.1, -0.05) is 42.5 Å². The number of aliphatic carboxylic acids is 1. The summed E-state index contributed by atoms with van der Waals surface area (Å²) < 4.78 is 15.0. The Morgan fingerprint density at radius 2 is 1.52 bits per heavy atom. The number of carbonyl (C=O) groups is 2. The van der Waals surface area contributed by atoms with Gasteiger partial charge in [-0.25, -0.2) is 9.59 Å². The minimum absolute atomic E-state index is 0.277. The summed E-state index contributed by atoms with van der Waals surface area (Å²) >= 11 is 0. The largest absolute Gasteiger partial charge is 0.497 e. The molecule has 0 heterocycles. The molecule has 0 unspecified atom stereocenters. The van der Waals surface area contributed by atoms with Crippen LogP contribution in [-0.4, -0.2) is 44.0 Å². The molecular weight excluding hydrogens is 372 g/mol. The van der Waals surface area contributed by atoms with Gasteiger partial charge in [-0.2, -0.15) is 0 Å². The van der Waals surface area contributed by atoms with Crippen molar-refractivity contribution in [2.75, 3.05) is 26.9 Å². The molecule has 2 aromatic carbocycles. The zero-order valence-corrected chi connectivity index (χ0v) is 16.6. The summed E-state index contributed by atoms with van der Waals surface area (Å²) in [6.07, 6.45) is 5.77. The van der Waals surface area contributed by atoms with Gasteiger partial charge < -0.3 is 19.3 Å². The zero-order valence-electron chi connectivity index (χ0n) is 16.6. The number of carboxylic acids is 1. The first kappa shape index (κ1) is 23.7. The molecule has 0 saturated heterocycles. The van der Waals surface area contributed by atoms with E-state index in [2.05, 4.69) is 0 Å². The fourth-order valence-electron chi connectivity index (χ4n) is 2.00. The van der Waals surface area contributed by atoms with Gasteiger partial charge in [0.05, 0.1) is 13.7 Å². The Hall–Kier alpha value is -3.38. The number of benzene rings is 2. The van der Waals surface area contributed by atoms with Gasteiger partial charge in [-0.15, -0.1) is 0 Å². The predicted octanol–water partition coefficient (Wildman–Crippen LogP) is 4.07. The first-order valence-corrected chi connectivity index (χ1v) is 9.07. The third-order valence-electron chi connectivity index (χ3n) is 3.42. The van der Waals surface area contributed by atoms with E-state index >= 15 is 0 Å². The van der Waals surface area contributed by atoms with Crippen LogP contribution in [0.25, 0.3) is 12.2 Å². The third kappa shape index (κ3) is 11.8. The molecule has 0 spiro atoms. The SMILES string of the molecule is CCOCCOC(=O)/C=C/c1ccc(OC)cc1.O=C(O)/C=C/c1ccccc1. The highest BCUT2D eigenvalue weighted by Gasteiger charge is 1.97. The van der Waals surface area contributed by atoms with Crippen molar-refractivity contribution in [3.05, 3.63) is 77.9 Å². The second-order valence-corrected chi connectivity index (χ2v) is 5.55. The average Bonchev–Trinajstić information content (AvgIpc) is 2.75. The molecule has 0 bridgehead atoms. The van der Waals surface area contributed by atoms with Crippen LogP contribution in [0.3, 0.4) is 0 Å². The van der Waals surface area contributed by atoms with E-state index < -0.39 is 5.97 Å². The fourth-order valence-corrected chi connectivity index (χ4v) is 2.00. The Morgan fingerprint density at radius 3 is 2.10 bits per heavy atom. The summed E-state index contributed by atoms with van der Waals surface area (Å²) in [5.41, 5.74) is 1.81. The Kier molecular flexibility index (Phi) is 12.0. The Bertz CT molecular complexity index is 779. The van der Waals surface area contributed by atoms with Crippen LogP contribution in [-0.2, 0) is 19.1 Å². The summed E-state index contributed by atoms with van der Waals surface area (Å²) in [7, 11) is 1.61. The minimum atomic E-state index is -0.922. The van der Waals surface area contributed by atoms with Gasteiger partial charge in [0.25, 0.3) is 0 Å². The number of esters is 1. The molecular formula is C23H26O6. The number of ether oxygens (including phenoxy) is 3. The topological polar surface area (TPSA) is 82.1 Å². The first-order chi connectivity index (χ1) is 14.0. The molecule has 1 N–H and O–H groups in total. The molecule has 0 fully saturated rings. The summed E-state index contributed by atoms with van der Waals surface area (Å²) in [5, 5.41) is 8.29. The van der Waals surface area contributed by atoms with Crippen LogP contribution in [0.1, 0.15) is 18.1 Å². The maximum atomic E-state index is 11.3. The van der Waals surface area contributed by atoms with Gasteiger partial charge in [0, 0.05) is 18.8 Å². The monoisotopic (exact) mass is 398 g/mol. The molecule has 2 rings (SSSR count). The van der Waals surface area contributed by atoms with Crippen molar-refractivity contribution in [3.8, 4) is 5.75 Å². The molecule has 0 radical (unpaired) electrons. The van der Waals surface area contributed by atoms with Crippen LogP contribution in [0.2, 0.25) is 0 Å². The van der Waals surface area contributed by atoms with Crippen LogP contribution in [0.15, 0.2) is 66.7 Å². The molecule has 0 amide bonds. The molecule has 154 valence electrons. The molecule has 6 nitrogen and oxygen atoms in total. The van der Waals surface area contributed by atoms with Crippen molar-refractivity contribution < 1.29 is 28.9 Å². The molecule has 0 atom stereocenters. The lowest BCUT2D eigenvalue weighted by atomic mass is 10.2. The molecule has 6 heteroatoms. The Labute approximate surface area is 171 Å². The Balaban J connectivity index is 0.000000326. The summed E-state index contributed by atoms with van der Waals surface area (Å²) in [6, 6.07) is 16.7. The maximum Gasteiger partial charge on any atom is 0.330 e. The van der Waals surface area contributed by atoms with Crippen molar-refractivity contribution in [2.24, 2.45) is 0 Å². The van der Waals surface area contributed by atoms with Gasteiger partial charge in [0.15, 0.2) is 0 Å². The molecule has 0 aromatic heterocycles. The van der Waals surface area contributed by atoms with Crippen LogP contribution >= 0.6 is 0 Å². The lowest BCUT2D eigenvalue weighted by molar-refractivity contribution is -0.139. The highest BCUT2D eigenvalue weighted by atomic mass is 16.6. The van der Waals surface area contributed by atoms with Crippen molar-refractivity contribution in [3.63, 3.8) is 0 Å². The lowest BCUT2D eigenvalue weighted by Crippen LogP contribution is -2.08. The van der Waals surface area contributed by atoms with E-state index in [1.807, 2.05) is 61.5 Å². The van der Waals surface area contributed by atoms with E-state index in [0.29, 0.717) is 13.2 Å². The van der Waals surface area contributed by atoms with Crippen LogP contribution in [0.5, 0.6) is 5.75 Å². The molecule has 29 heavy (non-hydrogen) atoms. The normalized spacial score (nSPS) is 10.4. The van der Waals surface area contributed by atoms with Crippen LogP contribution in [0, 0.1) is 0 Å². The second-order valence-electron chi connectivity index (χ2n) is 5.55. The average molecular weight is 398 g/mol. The van der Waals surface area contributed by atoms with E-state index in [1.54, 1.807) is 19.3 Å². The number of carbonyl (C=O) groups excluding carboxylic acids is 1. The van der Waals surface area contributed by atoms with Crippen LogP contribution < -0.4 is 4.74 Å². The van der Waals surface area contributed by atoms with Gasteiger partial charge >= 0.3 is 11.9 Å². The predicted molar refractivity (Wildman–Crippen MR) is 113 cm³/mol. The number of rotatable bonds is 9. The summed E-state index contributed by atoms with van der Waals surface area (Å²) in [6.45, 7) is 3.23. The van der Waals surface area contributed by atoms with Crippen molar-refractivity contribution in [2.45, 2.75) is 6.92 Å². The summed E-state index contributed by atoms with van der Waals surface area (Å²) in [4.78, 5) is 21.4. The smallest absolute Gasteiger partial charge is 0.330 e. The molecule has 2 aromatic rings. The Morgan fingerprint density at radius 1 is 0.897 bits per heavy atom. The van der Waals surface area contributed by atoms with Gasteiger partial charge in [0.1, 0.15) is 12.4 Å². The number of carboxylic acid groups (broad SMARTS) is 1. The first-order valence-electron chi connectivity index (χ1n) is 9.07.